The van der Waals surface area contributed by atoms with Crippen LogP contribution in [0.2, 0.25) is 0 Å². The maximum Gasteiger partial charge on any atom is 0.282 e. The SMILES string of the molecule is CC(C)NC(=O)c1nn(-c2ccc([18F])nc2)c(=O)c2c(N)scc12. The molecule has 3 aromatic heterocycles. The molecular weight excluding hydrogens is 332 g/mol. The van der Waals surface area contributed by atoms with Crippen LogP contribution in [0.4, 0.5) is 9.39 Å². The summed E-state index contributed by atoms with van der Waals surface area (Å²) in [6, 6.07) is 2.37. The maximum atomic E-state index is 13.0. The average Bonchev–Trinajstić information content (AvgIpc) is 2.90. The molecule has 0 bridgehead atoms. The second-order valence-corrected chi connectivity index (χ2v) is 6.33. The van der Waals surface area contributed by atoms with Gasteiger partial charge < -0.3 is 11.1 Å². The molecule has 9 heteroatoms. The van der Waals surface area contributed by atoms with E-state index in [4.69, 9.17) is 5.73 Å². The van der Waals surface area contributed by atoms with Gasteiger partial charge in [-0.3, -0.25) is 9.59 Å². The molecule has 0 saturated heterocycles. The highest BCUT2D eigenvalue weighted by atomic mass is 32.1. The Morgan fingerprint density at radius 1 is 1.42 bits per heavy atom. The summed E-state index contributed by atoms with van der Waals surface area (Å²) < 4.78 is 14.0. The van der Waals surface area contributed by atoms with Gasteiger partial charge in [0.2, 0.25) is 5.95 Å². The highest BCUT2D eigenvalue weighted by Gasteiger charge is 2.21. The third-order valence-electron chi connectivity index (χ3n) is 3.27. The van der Waals surface area contributed by atoms with Crippen molar-refractivity contribution < 1.29 is 9.18 Å². The molecule has 0 aliphatic rings. The van der Waals surface area contributed by atoms with Gasteiger partial charge in [-0.15, -0.1) is 11.3 Å². The fraction of sp³-hybridized carbons (Fsp3) is 0.200. The van der Waals surface area contributed by atoms with Crippen LogP contribution in [-0.4, -0.2) is 26.7 Å². The van der Waals surface area contributed by atoms with Gasteiger partial charge in [-0.2, -0.15) is 14.2 Å². The second kappa shape index (κ2) is 6.00. The van der Waals surface area contributed by atoms with E-state index in [9.17, 15) is 14.0 Å². The van der Waals surface area contributed by atoms with Gasteiger partial charge in [-0.25, -0.2) is 4.98 Å². The summed E-state index contributed by atoms with van der Waals surface area (Å²) in [6.07, 6.45) is 1.17. The zero-order chi connectivity index (χ0) is 17.4. The Morgan fingerprint density at radius 2 is 2.17 bits per heavy atom. The topological polar surface area (TPSA) is 103 Å². The van der Waals surface area contributed by atoms with E-state index in [2.05, 4.69) is 15.4 Å². The molecular formula is C15H14FN5O2S. The lowest BCUT2D eigenvalue weighted by molar-refractivity contribution is 0.0938. The van der Waals surface area contributed by atoms with Crippen LogP contribution >= 0.6 is 11.3 Å². The minimum Gasteiger partial charge on any atom is -0.390 e. The molecule has 0 radical (unpaired) electrons. The Morgan fingerprint density at radius 3 is 2.79 bits per heavy atom. The number of aromatic nitrogens is 3. The largest absolute Gasteiger partial charge is 0.390 e. The van der Waals surface area contributed by atoms with Gasteiger partial charge >= 0.3 is 0 Å². The highest BCUT2D eigenvalue weighted by molar-refractivity contribution is 7.15. The normalized spacial score (nSPS) is 11.2. The number of hydrogen-bond donors (Lipinski definition) is 2. The van der Waals surface area contributed by atoms with Crippen molar-refractivity contribution >= 4 is 33.0 Å². The van der Waals surface area contributed by atoms with Crippen LogP contribution in [0.1, 0.15) is 24.3 Å². The van der Waals surface area contributed by atoms with E-state index in [1.54, 1.807) is 5.38 Å². The Hall–Kier alpha value is -2.81. The molecule has 7 nitrogen and oxygen atoms in total. The van der Waals surface area contributed by atoms with Crippen molar-refractivity contribution in [1.82, 2.24) is 20.1 Å². The molecule has 0 fully saturated rings. The van der Waals surface area contributed by atoms with Crippen LogP contribution in [-0.2, 0) is 0 Å². The van der Waals surface area contributed by atoms with Gasteiger partial charge in [0, 0.05) is 16.8 Å². The van der Waals surface area contributed by atoms with Crippen molar-refractivity contribution in [2.24, 2.45) is 0 Å². The molecule has 3 heterocycles. The number of nitrogens with one attached hydrogen (secondary N) is 1. The maximum absolute atomic E-state index is 13.0. The van der Waals surface area contributed by atoms with Gasteiger partial charge in [0.25, 0.3) is 11.5 Å². The molecule has 3 N–H and O–H groups in total. The third-order valence-corrected chi connectivity index (χ3v) is 4.08. The molecule has 0 aliphatic carbocycles. The number of nitrogen functional groups attached to an aromatic ring is 1. The predicted octanol–water partition coefficient (Wildman–Crippen LogP) is 1.70. The highest BCUT2D eigenvalue weighted by Crippen LogP contribution is 2.27. The monoisotopic (exact) mass is 346 g/mol. The Kier molecular flexibility index (Phi) is 4.02. The van der Waals surface area contributed by atoms with E-state index in [1.165, 1.54) is 12.3 Å². The molecule has 0 unspecified atom stereocenters. The number of rotatable bonds is 3. The van der Waals surface area contributed by atoms with Gasteiger partial charge in [0.05, 0.1) is 22.3 Å². The molecule has 0 atom stereocenters. The molecule has 0 aromatic carbocycles. The number of carbonyl (C=O) groups is 1. The molecule has 24 heavy (non-hydrogen) atoms. The van der Waals surface area contributed by atoms with E-state index in [-0.39, 0.29) is 22.8 Å². The zero-order valence-electron chi connectivity index (χ0n) is 12.9. The number of pyridine rings is 1. The molecule has 124 valence electrons. The lowest BCUT2D eigenvalue weighted by Gasteiger charge is -2.11. The van der Waals surface area contributed by atoms with Gasteiger partial charge in [-0.1, -0.05) is 0 Å². The average molecular weight is 346 g/mol. The summed E-state index contributed by atoms with van der Waals surface area (Å²) in [5.41, 5.74) is 5.72. The van der Waals surface area contributed by atoms with E-state index in [0.717, 1.165) is 22.1 Å². The third kappa shape index (κ3) is 2.73. The first kappa shape index (κ1) is 16.1. The van der Waals surface area contributed by atoms with Crippen LogP contribution in [0.5, 0.6) is 0 Å². The van der Waals surface area contributed by atoms with Crippen LogP contribution in [0.25, 0.3) is 16.5 Å². The number of nitrogens with two attached hydrogens (primary N) is 1. The van der Waals surface area contributed by atoms with Crippen molar-refractivity contribution in [1.29, 1.82) is 0 Å². The van der Waals surface area contributed by atoms with E-state index >= 15 is 0 Å². The molecule has 1 amide bonds. The van der Waals surface area contributed by atoms with Crippen molar-refractivity contribution in [3.05, 3.63) is 45.7 Å². The summed E-state index contributed by atoms with van der Waals surface area (Å²) in [7, 11) is 0. The Bertz CT molecular complexity index is 978. The lowest BCUT2D eigenvalue weighted by atomic mass is 10.2. The Labute approximate surface area is 139 Å². The number of amides is 1. The first-order chi connectivity index (χ1) is 11.4. The number of nitrogens with zero attached hydrogens (tertiary/aromatic N) is 3. The molecule has 0 spiro atoms. The number of anilines is 1. The number of halogens is 1. The van der Waals surface area contributed by atoms with Gasteiger partial charge in [0.1, 0.15) is 0 Å². The van der Waals surface area contributed by atoms with E-state index < -0.39 is 17.4 Å². The van der Waals surface area contributed by atoms with E-state index in [0.29, 0.717) is 10.4 Å². The van der Waals surface area contributed by atoms with Crippen molar-refractivity contribution in [2.75, 3.05) is 5.73 Å². The minimum atomic E-state index is -0.680. The zero-order valence-corrected chi connectivity index (χ0v) is 13.7. The standard InChI is InChI=1S/C15H14FN5O2S/c1-7(2)19-14(22)12-9-6-24-13(17)11(9)15(23)21(20-12)8-3-4-10(16)18-5-8/h3-7H,17H2,1-2H3,(H,19,22)/i16-1. The minimum absolute atomic E-state index is 0.0792. The van der Waals surface area contributed by atoms with Crippen molar-refractivity contribution in [3.63, 3.8) is 0 Å². The summed E-state index contributed by atoms with van der Waals surface area (Å²) in [6.45, 7) is 3.63. The molecule has 0 saturated carbocycles. The van der Waals surface area contributed by atoms with Crippen molar-refractivity contribution in [2.45, 2.75) is 19.9 Å². The quantitative estimate of drug-likeness (QED) is 0.703. The first-order valence-corrected chi connectivity index (χ1v) is 7.99. The van der Waals surface area contributed by atoms with Crippen LogP contribution in [0.15, 0.2) is 28.5 Å². The fourth-order valence-corrected chi connectivity index (χ4v) is 3.03. The van der Waals surface area contributed by atoms with E-state index in [1.807, 2.05) is 13.8 Å². The van der Waals surface area contributed by atoms with Crippen molar-refractivity contribution in [3.8, 4) is 5.69 Å². The summed E-state index contributed by atoms with van der Waals surface area (Å²) in [4.78, 5) is 28.6. The van der Waals surface area contributed by atoms with Crippen LogP contribution < -0.4 is 16.6 Å². The summed E-state index contributed by atoms with van der Waals surface area (Å²) >= 11 is 1.16. The number of hydrogen-bond acceptors (Lipinski definition) is 6. The fourth-order valence-electron chi connectivity index (χ4n) is 2.24. The number of thiophene rings is 1. The number of carbonyl (C=O) groups excluding carboxylic acids is 1. The number of fused-ring (bicyclic) bond motifs is 1. The molecule has 3 aromatic rings. The molecule has 3 rings (SSSR count). The summed E-state index contributed by atoms with van der Waals surface area (Å²) in [5.74, 6) is -1.10. The van der Waals surface area contributed by atoms with Gasteiger partial charge in [0.15, 0.2) is 5.69 Å². The Balaban J connectivity index is 2.28. The first-order valence-electron chi connectivity index (χ1n) is 7.11. The van der Waals surface area contributed by atoms with Crippen LogP contribution in [0.3, 0.4) is 0 Å². The molecule has 0 aliphatic heterocycles. The van der Waals surface area contributed by atoms with Gasteiger partial charge in [-0.05, 0) is 26.0 Å². The lowest BCUT2D eigenvalue weighted by Crippen LogP contribution is -2.33. The second-order valence-electron chi connectivity index (χ2n) is 5.42. The predicted molar refractivity (Wildman–Crippen MR) is 90.0 cm³/mol. The summed E-state index contributed by atoms with van der Waals surface area (Å²) in [5, 5.41) is 9.42. The van der Waals surface area contributed by atoms with Crippen LogP contribution in [0, 0.1) is 5.95 Å². The smallest absolute Gasteiger partial charge is 0.282 e.